The molecule has 4 heterocycles. The maximum atomic E-state index is 4.42. The van der Waals surface area contributed by atoms with Crippen LogP contribution in [0.2, 0.25) is 0 Å². The van der Waals surface area contributed by atoms with Crippen molar-refractivity contribution in [3.05, 3.63) is 61.2 Å². The summed E-state index contributed by atoms with van der Waals surface area (Å²) in [4.78, 5) is 17.4. The summed E-state index contributed by atoms with van der Waals surface area (Å²) < 4.78 is 4.07. The highest BCUT2D eigenvalue weighted by molar-refractivity contribution is 5.84. The van der Waals surface area contributed by atoms with Crippen LogP contribution in [0, 0.1) is 0 Å². The second-order valence-corrected chi connectivity index (χ2v) is 5.44. The molecule has 0 unspecified atom stereocenters. The van der Waals surface area contributed by atoms with Crippen molar-refractivity contribution in [2.24, 2.45) is 0 Å². The standard InChI is InChI=1S/C17H17N7/c1-2-24-12-21-15-16(19-11-20-17(15)24)22-14-6-8-23(10-14)9-13-5-3-4-7-18-13/h3-8,10-12H,2,9H2,1H3,(H,19,20,22). The topological polar surface area (TPSA) is 73.5 Å². The normalized spacial score (nSPS) is 11.0. The summed E-state index contributed by atoms with van der Waals surface area (Å²) in [6.45, 7) is 3.62. The molecule has 0 fully saturated rings. The molecule has 0 atom stereocenters. The summed E-state index contributed by atoms with van der Waals surface area (Å²) >= 11 is 0. The molecule has 0 aliphatic rings. The van der Waals surface area contributed by atoms with E-state index in [2.05, 4.69) is 36.7 Å². The molecule has 120 valence electrons. The molecule has 0 bridgehead atoms. The van der Waals surface area contributed by atoms with E-state index >= 15 is 0 Å². The molecule has 0 amide bonds. The van der Waals surface area contributed by atoms with Crippen molar-refractivity contribution in [3.63, 3.8) is 0 Å². The number of nitrogens with one attached hydrogen (secondary N) is 1. The summed E-state index contributed by atoms with van der Waals surface area (Å²) in [5, 5.41) is 3.32. The molecule has 0 spiro atoms. The van der Waals surface area contributed by atoms with Crippen molar-refractivity contribution in [2.75, 3.05) is 5.32 Å². The van der Waals surface area contributed by atoms with E-state index in [1.54, 1.807) is 18.9 Å². The van der Waals surface area contributed by atoms with Gasteiger partial charge in [-0.15, -0.1) is 0 Å². The van der Waals surface area contributed by atoms with Gasteiger partial charge >= 0.3 is 0 Å². The Kier molecular flexibility index (Phi) is 3.66. The Bertz CT molecular complexity index is 955. The average molecular weight is 319 g/mol. The van der Waals surface area contributed by atoms with Gasteiger partial charge in [0.1, 0.15) is 6.33 Å². The van der Waals surface area contributed by atoms with E-state index in [0.717, 1.165) is 35.6 Å². The fourth-order valence-electron chi connectivity index (χ4n) is 2.63. The highest BCUT2D eigenvalue weighted by atomic mass is 15.1. The quantitative estimate of drug-likeness (QED) is 0.612. The van der Waals surface area contributed by atoms with Gasteiger partial charge in [-0.2, -0.15) is 0 Å². The van der Waals surface area contributed by atoms with Gasteiger partial charge in [0.15, 0.2) is 17.0 Å². The molecule has 7 heteroatoms. The Morgan fingerprint density at radius 1 is 1.08 bits per heavy atom. The van der Waals surface area contributed by atoms with Crippen LogP contribution in [0.15, 0.2) is 55.5 Å². The summed E-state index contributed by atoms with van der Waals surface area (Å²) in [5.74, 6) is 0.711. The number of hydrogen-bond acceptors (Lipinski definition) is 5. The van der Waals surface area contributed by atoms with Gasteiger partial charge in [0, 0.05) is 25.1 Å². The van der Waals surface area contributed by atoms with Crippen LogP contribution in [0.25, 0.3) is 11.2 Å². The molecule has 4 aromatic heterocycles. The number of hydrogen-bond donors (Lipinski definition) is 1. The van der Waals surface area contributed by atoms with Crippen LogP contribution in [-0.2, 0) is 13.1 Å². The second kappa shape index (κ2) is 6.11. The first-order valence-corrected chi connectivity index (χ1v) is 7.82. The summed E-state index contributed by atoms with van der Waals surface area (Å²) in [7, 11) is 0. The Morgan fingerprint density at radius 2 is 2.04 bits per heavy atom. The molecule has 4 rings (SSSR count). The summed E-state index contributed by atoms with van der Waals surface area (Å²) in [6.07, 6.45) is 9.19. The highest BCUT2D eigenvalue weighted by Crippen LogP contribution is 2.22. The van der Waals surface area contributed by atoms with E-state index in [9.17, 15) is 0 Å². The fourth-order valence-corrected chi connectivity index (χ4v) is 2.63. The monoisotopic (exact) mass is 319 g/mol. The smallest absolute Gasteiger partial charge is 0.165 e. The van der Waals surface area contributed by atoms with Crippen molar-refractivity contribution in [3.8, 4) is 0 Å². The molecule has 0 radical (unpaired) electrons. The second-order valence-electron chi connectivity index (χ2n) is 5.44. The number of aromatic nitrogens is 6. The lowest BCUT2D eigenvalue weighted by Gasteiger charge is -2.04. The van der Waals surface area contributed by atoms with E-state index in [1.807, 2.05) is 41.2 Å². The van der Waals surface area contributed by atoms with E-state index in [4.69, 9.17) is 0 Å². The minimum atomic E-state index is 0.711. The van der Waals surface area contributed by atoms with Crippen molar-refractivity contribution in [1.29, 1.82) is 0 Å². The molecule has 24 heavy (non-hydrogen) atoms. The number of fused-ring (bicyclic) bond motifs is 1. The molecule has 0 saturated carbocycles. The molecule has 0 saturated heterocycles. The Morgan fingerprint density at radius 3 is 2.88 bits per heavy atom. The van der Waals surface area contributed by atoms with E-state index in [-0.39, 0.29) is 0 Å². The van der Waals surface area contributed by atoms with Gasteiger partial charge in [-0.05, 0) is 25.1 Å². The predicted molar refractivity (Wildman–Crippen MR) is 92.1 cm³/mol. The minimum Gasteiger partial charge on any atom is -0.346 e. The third kappa shape index (κ3) is 2.71. The van der Waals surface area contributed by atoms with E-state index in [0.29, 0.717) is 5.82 Å². The summed E-state index contributed by atoms with van der Waals surface area (Å²) in [6, 6.07) is 7.93. The van der Waals surface area contributed by atoms with Crippen LogP contribution in [-0.4, -0.2) is 29.1 Å². The number of anilines is 2. The van der Waals surface area contributed by atoms with Crippen LogP contribution in [0.5, 0.6) is 0 Å². The van der Waals surface area contributed by atoms with Gasteiger partial charge in [-0.3, -0.25) is 4.98 Å². The maximum Gasteiger partial charge on any atom is 0.165 e. The zero-order valence-electron chi connectivity index (χ0n) is 13.3. The van der Waals surface area contributed by atoms with Crippen molar-refractivity contribution >= 4 is 22.7 Å². The van der Waals surface area contributed by atoms with Crippen LogP contribution in [0.3, 0.4) is 0 Å². The van der Waals surface area contributed by atoms with Crippen LogP contribution in [0.1, 0.15) is 12.6 Å². The van der Waals surface area contributed by atoms with Crippen LogP contribution in [0.4, 0.5) is 11.5 Å². The lowest BCUT2D eigenvalue weighted by atomic mass is 10.3. The van der Waals surface area contributed by atoms with Crippen molar-refractivity contribution in [2.45, 2.75) is 20.0 Å². The third-order valence-corrected chi connectivity index (χ3v) is 3.83. The predicted octanol–water partition coefficient (Wildman–Crippen LogP) is 2.83. The molecule has 0 aliphatic heterocycles. The van der Waals surface area contributed by atoms with Gasteiger partial charge in [-0.1, -0.05) is 6.07 Å². The number of nitrogens with zero attached hydrogens (tertiary/aromatic N) is 6. The largest absolute Gasteiger partial charge is 0.346 e. The van der Waals surface area contributed by atoms with Gasteiger partial charge in [0.2, 0.25) is 0 Å². The SMILES string of the molecule is CCn1cnc2c(Nc3ccn(Cc4ccccn4)c3)ncnc21. The Balaban J connectivity index is 1.57. The summed E-state index contributed by atoms with van der Waals surface area (Å²) in [5.41, 5.74) is 3.59. The Hall–Kier alpha value is -3.22. The van der Waals surface area contributed by atoms with Gasteiger partial charge in [-0.25, -0.2) is 15.0 Å². The van der Waals surface area contributed by atoms with E-state index in [1.165, 1.54) is 0 Å². The van der Waals surface area contributed by atoms with Crippen LogP contribution < -0.4 is 5.32 Å². The van der Waals surface area contributed by atoms with Gasteiger partial charge in [0.05, 0.1) is 24.3 Å². The number of aryl methyl sites for hydroxylation is 1. The van der Waals surface area contributed by atoms with E-state index < -0.39 is 0 Å². The Labute approximate surface area is 139 Å². The average Bonchev–Trinajstić information content (AvgIpc) is 3.23. The first kappa shape index (κ1) is 14.4. The number of rotatable bonds is 5. The molecular formula is C17H17N7. The van der Waals surface area contributed by atoms with Gasteiger partial charge < -0.3 is 14.5 Å². The molecule has 1 N–H and O–H groups in total. The fraction of sp³-hybridized carbons (Fsp3) is 0.176. The molecular weight excluding hydrogens is 302 g/mol. The van der Waals surface area contributed by atoms with Crippen LogP contribution >= 0.6 is 0 Å². The number of imidazole rings is 1. The zero-order valence-corrected chi connectivity index (χ0v) is 13.3. The number of pyridine rings is 1. The molecule has 0 aliphatic carbocycles. The maximum absolute atomic E-state index is 4.42. The minimum absolute atomic E-state index is 0.711. The lowest BCUT2D eigenvalue weighted by molar-refractivity contribution is 0.777. The van der Waals surface area contributed by atoms with Crippen molar-refractivity contribution < 1.29 is 0 Å². The van der Waals surface area contributed by atoms with Gasteiger partial charge in [0.25, 0.3) is 0 Å². The van der Waals surface area contributed by atoms with Crippen molar-refractivity contribution in [1.82, 2.24) is 29.1 Å². The highest BCUT2D eigenvalue weighted by Gasteiger charge is 2.10. The molecule has 7 nitrogen and oxygen atoms in total. The first-order valence-electron chi connectivity index (χ1n) is 7.82. The first-order chi connectivity index (χ1) is 11.8. The molecule has 0 aromatic carbocycles. The molecule has 4 aromatic rings. The third-order valence-electron chi connectivity index (χ3n) is 3.83. The zero-order chi connectivity index (χ0) is 16.4. The lowest BCUT2D eigenvalue weighted by Crippen LogP contribution is -1.99.